The van der Waals surface area contributed by atoms with Gasteiger partial charge in [0, 0.05) is 32.4 Å². The largest absolute Gasteiger partial charge is 0.356 e. The van der Waals surface area contributed by atoms with Gasteiger partial charge in [-0.25, -0.2) is 9.98 Å². The van der Waals surface area contributed by atoms with Crippen LogP contribution in [0.1, 0.15) is 20.8 Å². The van der Waals surface area contributed by atoms with Crippen LogP contribution in [0.3, 0.4) is 0 Å². The van der Waals surface area contributed by atoms with Crippen molar-refractivity contribution >= 4 is 18.1 Å². The number of rotatable bonds is 4. The third kappa shape index (κ3) is 4.58. The van der Waals surface area contributed by atoms with Crippen molar-refractivity contribution in [3.8, 4) is 0 Å². The summed E-state index contributed by atoms with van der Waals surface area (Å²) in [5.74, 6) is 0.505. The lowest BCUT2D eigenvalue weighted by Gasteiger charge is -2.37. The molecule has 0 aliphatic carbocycles. The molecule has 19 heavy (non-hydrogen) atoms. The van der Waals surface area contributed by atoms with Crippen molar-refractivity contribution in [1.29, 1.82) is 10.8 Å². The summed E-state index contributed by atoms with van der Waals surface area (Å²) >= 11 is 0. The van der Waals surface area contributed by atoms with E-state index in [9.17, 15) is 0 Å². The van der Waals surface area contributed by atoms with Crippen molar-refractivity contribution < 1.29 is 0 Å². The Morgan fingerprint density at radius 3 is 2.42 bits per heavy atom. The lowest BCUT2D eigenvalue weighted by Crippen LogP contribution is -2.52. The molecule has 6 heteroatoms. The molecule has 1 aliphatic rings. The summed E-state index contributed by atoms with van der Waals surface area (Å²) in [5.41, 5.74) is -0.624. The van der Waals surface area contributed by atoms with Crippen molar-refractivity contribution in [3.05, 3.63) is 0 Å². The zero-order chi connectivity index (χ0) is 14.5. The van der Waals surface area contributed by atoms with Gasteiger partial charge in [0.2, 0.25) is 0 Å². The molecular formula is C13H24N6. The maximum atomic E-state index is 8.27. The van der Waals surface area contributed by atoms with E-state index in [0.29, 0.717) is 5.84 Å². The maximum absolute atomic E-state index is 8.27. The summed E-state index contributed by atoms with van der Waals surface area (Å²) in [6.45, 7) is 9.26. The summed E-state index contributed by atoms with van der Waals surface area (Å²) < 4.78 is 0. The van der Waals surface area contributed by atoms with E-state index in [4.69, 9.17) is 10.8 Å². The highest BCUT2D eigenvalue weighted by molar-refractivity contribution is 5.89. The van der Waals surface area contributed by atoms with E-state index in [1.807, 2.05) is 13.8 Å². The second kappa shape index (κ2) is 6.59. The van der Waals surface area contributed by atoms with E-state index in [2.05, 4.69) is 32.8 Å². The molecule has 0 aromatic heterocycles. The van der Waals surface area contributed by atoms with Gasteiger partial charge < -0.3 is 15.2 Å². The Hall–Kier alpha value is -1.52. The van der Waals surface area contributed by atoms with Gasteiger partial charge in [0.15, 0.2) is 0 Å². The first-order valence-corrected chi connectivity index (χ1v) is 6.56. The van der Waals surface area contributed by atoms with Gasteiger partial charge in [0.25, 0.3) is 0 Å². The summed E-state index contributed by atoms with van der Waals surface area (Å²) in [6, 6.07) is 2.42. The predicted octanol–water partition coefficient (Wildman–Crippen LogP) is 1.20. The molecule has 0 radical (unpaired) electrons. The van der Waals surface area contributed by atoms with Crippen molar-refractivity contribution in [2.75, 3.05) is 33.2 Å². The number of nitrogens with one attached hydrogen (secondary N) is 2. The van der Waals surface area contributed by atoms with Gasteiger partial charge in [-0.1, -0.05) is 0 Å². The zero-order valence-corrected chi connectivity index (χ0v) is 12.3. The standard InChI is InChI=1S/C13H24N6/c1-11(9-14)16-10-17-13(2,3)12(15)19-7-5-18(4)6-8-19/h9,11,14-15H,5-8H2,1-4H3. The summed E-state index contributed by atoms with van der Waals surface area (Å²) in [5, 5.41) is 15.3. The van der Waals surface area contributed by atoms with Crippen LogP contribution >= 0.6 is 0 Å². The fraction of sp³-hybridized carbons (Fsp3) is 0.769. The Bertz CT molecular complexity index is 386. The Kier molecular flexibility index (Phi) is 5.39. The zero-order valence-electron chi connectivity index (χ0n) is 12.3. The van der Waals surface area contributed by atoms with E-state index in [1.54, 1.807) is 6.92 Å². The van der Waals surface area contributed by atoms with Gasteiger partial charge in [-0.05, 0) is 27.8 Å². The van der Waals surface area contributed by atoms with Crippen LogP contribution in [0, 0.1) is 10.8 Å². The van der Waals surface area contributed by atoms with Gasteiger partial charge in [0.1, 0.15) is 11.4 Å². The van der Waals surface area contributed by atoms with Crippen molar-refractivity contribution in [3.63, 3.8) is 0 Å². The Morgan fingerprint density at radius 1 is 1.32 bits per heavy atom. The average molecular weight is 264 g/mol. The van der Waals surface area contributed by atoms with Crippen LogP contribution in [0.4, 0.5) is 0 Å². The smallest absolute Gasteiger partial charge is 0.125 e. The monoisotopic (exact) mass is 264 g/mol. The molecule has 1 atom stereocenters. The van der Waals surface area contributed by atoms with Crippen molar-refractivity contribution in [2.24, 2.45) is 9.98 Å². The van der Waals surface area contributed by atoms with Crippen LogP contribution in [-0.4, -0.2) is 72.7 Å². The van der Waals surface area contributed by atoms with Gasteiger partial charge in [-0.15, -0.1) is 0 Å². The van der Waals surface area contributed by atoms with Crippen LogP contribution in [-0.2, 0) is 0 Å². The quantitative estimate of drug-likeness (QED) is 0.591. The molecule has 2 N–H and O–H groups in total. The highest BCUT2D eigenvalue weighted by Crippen LogP contribution is 2.14. The van der Waals surface area contributed by atoms with Crippen molar-refractivity contribution in [2.45, 2.75) is 32.4 Å². The third-order valence-electron chi connectivity index (χ3n) is 3.23. The van der Waals surface area contributed by atoms with E-state index >= 15 is 0 Å². The molecule has 0 aromatic carbocycles. The van der Waals surface area contributed by atoms with Crippen LogP contribution in [0.25, 0.3) is 0 Å². The van der Waals surface area contributed by atoms with Gasteiger partial charge in [-0.3, -0.25) is 5.41 Å². The molecule has 1 saturated heterocycles. The Morgan fingerprint density at radius 2 is 1.89 bits per heavy atom. The van der Waals surface area contributed by atoms with Crippen LogP contribution in [0.15, 0.2) is 9.98 Å². The van der Waals surface area contributed by atoms with Gasteiger partial charge >= 0.3 is 0 Å². The SMILES string of the molecule is CC(C=N)N=C=NC(C)(C)C(=N)N1CCN(C)CC1. The third-order valence-corrected chi connectivity index (χ3v) is 3.23. The van der Waals surface area contributed by atoms with Gasteiger partial charge in [0.05, 0.1) is 12.1 Å². The number of amidine groups is 1. The number of likely N-dealkylation sites (N-methyl/N-ethyl adjacent to an activating group) is 1. The molecule has 106 valence electrons. The molecule has 1 rings (SSSR count). The topological polar surface area (TPSA) is 78.9 Å². The van der Waals surface area contributed by atoms with E-state index in [0.717, 1.165) is 26.2 Å². The molecule has 0 amide bonds. The van der Waals surface area contributed by atoms with E-state index < -0.39 is 5.54 Å². The summed E-state index contributed by atoms with van der Waals surface area (Å²) in [7, 11) is 2.09. The number of nitrogens with zero attached hydrogens (tertiary/aromatic N) is 4. The van der Waals surface area contributed by atoms with Crippen LogP contribution in [0.2, 0.25) is 0 Å². The van der Waals surface area contributed by atoms with Crippen LogP contribution in [0.5, 0.6) is 0 Å². The second-order valence-corrected chi connectivity index (χ2v) is 5.45. The number of hydrogen-bond acceptors (Lipinski definition) is 5. The summed E-state index contributed by atoms with van der Waals surface area (Å²) in [6.07, 6.45) is 1.24. The molecule has 1 fully saturated rings. The van der Waals surface area contributed by atoms with Gasteiger partial charge in [-0.2, -0.15) is 0 Å². The molecule has 6 nitrogen and oxygen atoms in total. The number of aliphatic imine (C=N–C) groups is 2. The lowest BCUT2D eigenvalue weighted by molar-refractivity contribution is 0.208. The first-order chi connectivity index (χ1) is 8.86. The second-order valence-electron chi connectivity index (χ2n) is 5.45. The number of piperazine rings is 1. The highest BCUT2D eigenvalue weighted by atomic mass is 15.3. The molecule has 0 spiro atoms. The van der Waals surface area contributed by atoms with Crippen LogP contribution < -0.4 is 0 Å². The van der Waals surface area contributed by atoms with Crippen molar-refractivity contribution in [1.82, 2.24) is 9.80 Å². The predicted molar refractivity (Wildman–Crippen MR) is 79.0 cm³/mol. The fourth-order valence-corrected chi connectivity index (χ4v) is 1.75. The van der Waals surface area contributed by atoms with E-state index in [-0.39, 0.29) is 6.04 Å². The molecule has 1 heterocycles. The maximum Gasteiger partial charge on any atom is 0.125 e. The first kappa shape index (κ1) is 15.5. The fourth-order valence-electron chi connectivity index (χ4n) is 1.75. The molecule has 0 bridgehead atoms. The molecule has 1 aliphatic heterocycles. The first-order valence-electron chi connectivity index (χ1n) is 6.56. The molecule has 0 aromatic rings. The molecular weight excluding hydrogens is 240 g/mol. The summed E-state index contributed by atoms with van der Waals surface area (Å²) in [4.78, 5) is 12.5. The highest BCUT2D eigenvalue weighted by Gasteiger charge is 2.29. The molecule has 1 unspecified atom stereocenters. The number of hydrogen-bond donors (Lipinski definition) is 2. The Labute approximate surface area is 115 Å². The minimum atomic E-state index is -0.624. The van der Waals surface area contributed by atoms with E-state index in [1.165, 1.54) is 6.21 Å². The Balaban J connectivity index is 2.68. The average Bonchev–Trinajstić information content (AvgIpc) is 2.38. The lowest BCUT2D eigenvalue weighted by atomic mass is 10.0. The molecule has 0 saturated carbocycles. The minimum Gasteiger partial charge on any atom is -0.356 e. The minimum absolute atomic E-state index is 0.211. The normalized spacial score (nSPS) is 18.4.